The minimum Gasteiger partial charge on any atom is -0.465 e. The maximum absolute atomic E-state index is 14.3. The van der Waals surface area contributed by atoms with Crippen molar-refractivity contribution >= 4 is 29.2 Å². The molecule has 7 nitrogen and oxygen atoms in total. The molecule has 0 aliphatic carbocycles. The highest BCUT2D eigenvalue weighted by atomic mass is 35.5. The quantitative estimate of drug-likeness (QED) is 0.395. The van der Waals surface area contributed by atoms with Crippen LogP contribution in [0.15, 0.2) is 53.6 Å². The minimum atomic E-state index is -0.955. The van der Waals surface area contributed by atoms with Crippen LogP contribution in [0.3, 0.4) is 0 Å². The standard InChI is InChI=1S/C18H18ClFN4O2.C4H10O/c19-14-6-2-4-8-16(14)21-22-17(13-5-1-3-7-15(13)20)23-9-11-24(12-10-23)18(25)26;1-3-5-4-2/h1-8,21H,9-12H2,(H,25,26);3-4H2,1-2H3. The van der Waals surface area contributed by atoms with Crippen LogP contribution in [0.2, 0.25) is 5.02 Å². The van der Waals surface area contributed by atoms with E-state index in [0.29, 0.717) is 48.3 Å². The molecule has 0 unspecified atom stereocenters. The summed E-state index contributed by atoms with van der Waals surface area (Å²) in [4.78, 5) is 14.3. The van der Waals surface area contributed by atoms with Gasteiger partial charge in [0.2, 0.25) is 0 Å². The van der Waals surface area contributed by atoms with E-state index in [1.54, 1.807) is 36.4 Å². The van der Waals surface area contributed by atoms with Crippen molar-refractivity contribution in [3.63, 3.8) is 0 Å². The molecule has 0 saturated carbocycles. The second-order valence-electron chi connectivity index (χ2n) is 6.55. The number of hydrazone groups is 1. The summed E-state index contributed by atoms with van der Waals surface area (Å²) < 4.78 is 19.2. The van der Waals surface area contributed by atoms with Crippen molar-refractivity contribution in [2.24, 2.45) is 5.10 Å². The number of anilines is 1. The molecule has 1 aliphatic rings. The Morgan fingerprint density at radius 1 is 1.06 bits per heavy atom. The zero-order valence-electron chi connectivity index (χ0n) is 17.7. The van der Waals surface area contributed by atoms with Crippen LogP contribution in [0, 0.1) is 5.82 Å². The molecule has 2 aromatic rings. The number of carbonyl (C=O) groups is 1. The van der Waals surface area contributed by atoms with Crippen molar-refractivity contribution in [3.8, 4) is 0 Å². The van der Waals surface area contributed by atoms with Gasteiger partial charge in [0.05, 0.1) is 16.3 Å². The summed E-state index contributed by atoms with van der Waals surface area (Å²) in [6, 6.07) is 13.5. The Balaban J connectivity index is 0.000000614. The second kappa shape index (κ2) is 12.8. The molecule has 0 bridgehead atoms. The zero-order valence-corrected chi connectivity index (χ0v) is 18.5. The minimum absolute atomic E-state index is 0.328. The van der Waals surface area contributed by atoms with E-state index < -0.39 is 11.9 Å². The summed E-state index contributed by atoms with van der Waals surface area (Å²) in [5, 5.41) is 14.0. The number of nitrogens with zero attached hydrogens (tertiary/aromatic N) is 3. The molecule has 1 aliphatic heterocycles. The van der Waals surface area contributed by atoms with Gasteiger partial charge in [-0.25, -0.2) is 9.18 Å². The lowest BCUT2D eigenvalue weighted by molar-refractivity contribution is 0.124. The monoisotopic (exact) mass is 450 g/mol. The number of halogens is 2. The summed E-state index contributed by atoms with van der Waals surface area (Å²) in [5.74, 6) is 0.0148. The number of amides is 1. The van der Waals surface area contributed by atoms with E-state index in [1.165, 1.54) is 11.0 Å². The van der Waals surface area contributed by atoms with E-state index in [9.17, 15) is 9.18 Å². The van der Waals surface area contributed by atoms with Gasteiger partial charge in [0.1, 0.15) is 5.82 Å². The number of hydrogen-bond acceptors (Lipinski definition) is 4. The predicted octanol–water partition coefficient (Wildman–Crippen LogP) is 4.59. The SMILES string of the molecule is CCOCC.O=C(O)N1CCN(C(=NNc2ccccc2Cl)c2ccccc2F)CC1. The number of benzene rings is 2. The van der Waals surface area contributed by atoms with Gasteiger partial charge in [-0.1, -0.05) is 35.9 Å². The first-order valence-corrected chi connectivity index (χ1v) is 10.5. The molecule has 1 saturated heterocycles. The normalized spacial score (nSPS) is 14.0. The molecule has 0 spiro atoms. The van der Waals surface area contributed by atoms with Crippen molar-refractivity contribution in [2.45, 2.75) is 13.8 Å². The molecule has 3 rings (SSSR count). The van der Waals surface area contributed by atoms with E-state index >= 15 is 0 Å². The van der Waals surface area contributed by atoms with Crippen LogP contribution in [-0.2, 0) is 4.74 Å². The molecular weight excluding hydrogens is 423 g/mol. The number of nitrogens with one attached hydrogen (secondary N) is 1. The molecular formula is C22H28ClFN4O3. The maximum Gasteiger partial charge on any atom is 0.407 e. The molecule has 9 heteroatoms. The number of ether oxygens (including phenoxy) is 1. The fourth-order valence-electron chi connectivity index (χ4n) is 2.92. The molecule has 1 fully saturated rings. The number of carboxylic acid groups (broad SMARTS) is 1. The van der Waals surface area contributed by atoms with Gasteiger partial charge in [0.25, 0.3) is 0 Å². The Kier molecular flexibility index (Phi) is 10.1. The van der Waals surface area contributed by atoms with E-state index in [0.717, 1.165) is 13.2 Å². The van der Waals surface area contributed by atoms with Crippen molar-refractivity contribution < 1.29 is 19.0 Å². The van der Waals surface area contributed by atoms with Gasteiger partial charge in [0.15, 0.2) is 5.84 Å². The second-order valence-corrected chi connectivity index (χ2v) is 6.95. The predicted molar refractivity (Wildman–Crippen MR) is 121 cm³/mol. The third-order valence-corrected chi connectivity index (χ3v) is 4.86. The third-order valence-electron chi connectivity index (χ3n) is 4.53. The Morgan fingerprint density at radius 3 is 2.19 bits per heavy atom. The van der Waals surface area contributed by atoms with Crippen molar-refractivity contribution in [3.05, 3.63) is 64.9 Å². The van der Waals surface area contributed by atoms with E-state index in [1.807, 2.05) is 24.8 Å². The Hall–Kier alpha value is -2.84. The number of amidine groups is 1. The van der Waals surface area contributed by atoms with Gasteiger partial charge < -0.3 is 19.6 Å². The molecule has 31 heavy (non-hydrogen) atoms. The summed E-state index contributed by atoms with van der Waals surface area (Å²) in [5.41, 5.74) is 3.83. The summed E-state index contributed by atoms with van der Waals surface area (Å²) >= 11 is 6.13. The zero-order chi connectivity index (χ0) is 22.6. The Morgan fingerprint density at radius 2 is 1.65 bits per heavy atom. The lowest BCUT2D eigenvalue weighted by Gasteiger charge is -2.35. The Bertz CT molecular complexity index is 871. The fraction of sp³-hybridized carbons (Fsp3) is 0.364. The van der Waals surface area contributed by atoms with Gasteiger partial charge >= 0.3 is 6.09 Å². The fourth-order valence-corrected chi connectivity index (χ4v) is 3.10. The Labute approximate surface area is 187 Å². The van der Waals surface area contributed by atoms with E-state index in [4.69, 9.17) is 21.4 Å². The molecule has 0 atom stereocenters. The van der Waals surface area contributed by atoms with Crippen LogP contribution in [-0.4, -0.2) is 66.2 Å². The molecule has 168 valence electrons. The number of para-hydroxylation sites is 1. The van der Waals surface area contributed by atoms with Gasteiger partial charge in [-0.05, 0) is 38.1 Å². The molecule has 0 radical (unpaired) electrons. The largest absolute Gasteiger partial charge is 0.465 e. The topological polar surface area (TPSA) is 77.4 Å². The highest BCUT2D eigenvalue weighted by molar-refractivity contribution is 6.33. The van der Waals surface area contributed by atoms with E-state index in [2.05, 4.69) is 10.5 Å². The average molecular weight is 451 g/mol. The van der Waals surface area contributed by atoms with Crippen molar-refractivity contribution in [1.82, 2.24) is 9.80 Å². The molecule has 1 amide bonds. The number of piperazine rings is 1. The smallest absolute Gasteiger partial charge is 0.407 e. The summed E-state index contributed by atoms with van der Waals surface area (Å²) in [6.07, 6.45) is -0.955. The van der Waals surface area contributed by atoms with Gasteiger partial charge in [-0.15, -0.1) is 0 Å². The van der Waals surface area contributed by atoms with Gasteiger partial charge in [-0.2, -0.15) is 5.10 Å². The van der Waals surface area contributed by atoms with Crippen LogP contribution < -0.4 is 5.43 Å². The van der Waals surface area contributed by atoms with Crippen molar-refractivity contribution in [1.29, 1.82) is 0 Å². The summed E-state index contributed by atoms with van der Waals surface area (Å²) in [6.45, 7) is 7.16. The van der Waals surface area contributed by atoms with Crippen LogP contribution in [0.1, 0.15) is 19.4 Å². The number of hydrogen-bond donors (Lipinski definition) is 2. The van der Waals surface area contributed by atoms with Crippen LogP contribution in [0.5, 0.6) is 0 Å². The van der Waals surface area contributed by atoms with Crippen molar-refractivity contribution in [2.75, 3.05) is 44.8 Å². The molecule has 1 heterocycles. The first-order chi connectivity index (χ1) is 15.0. The van der Waals surface area contributed by atoms with Crippen LogP contribution in [0.25, 0.3) is 0 Å². The lowest BCUT2D eigenvalue weighted by Crippen LogP contribution is -2.50. The van der Waals surface area contributed by atoms with Crippen LogP contribution in [0.4, 0.5) is 14.9 Å². The summed E-state index contributed by atoms with van der Waals surface area (Å²) in [7, 11) is 0. The van der Waals surface area contributed by atoms with Gasteiger partial charge in [0, 0.05) is 39.4 Å². The molecule has 2 N–H and O–H groups in total. The highest BCUT2D eigenvalue weighted by Gasteiger charge is 2.25. The first-order valence-electron chi connectivity index (χ1n) is 10.1. The highest BCUT2D eigenvalue weighted by Crippen LogP contribution is 2.21. The molecule has 0 aromatic heterocycles. The first kappa shape index (κ1) is 24.4. The van der Waals surface area contributed by atoms with E-state index in [-0.39, 0.29) is 0 Å². The lowest BCUT2D eigenvalue weighted by atomic mass is 10.1. The average Bonchev–Trinajstić information content (AvgIpc) is 2.77. The van der Waals surface area contributed by atoms with Crippen LogP contribution >= 0.6 is 11.6 Å². The third kappa shape index (κ3) is 7.41. The maximum atomic E-state index is 14.3. The molecule has 2 aromatic carbocycles. The number of rotatable bonds is 5. The van der Waals surface area contributed by atoms with Gasteiger partial charge in [-0.3, -0.25) is 5.43 Å².